The zero-order valence-corrected chi connectivity index (χ0v) is 35.7. The fourth-order valence-electron chi connectivity index (χ4n) is 6.74. The van der Waals surface area contributed by atoms with Crippen LogP contribution >= 0.6 is 0 Å². The molecule has 0 aromatic heterocycles. The molecule has 0 aromatic rings. The van der Waals surface area contributed by atoms with E-state index in [2.05, 4.69) is 43.5 Å². The summed E-state index contributed by atoms with van der Waals surface area (Å²) < 4.78 is 5.43. The molecule has 6 nitrogen and oxygen atoms in total. The number of unbranched alkanes of at least 4 members (excludes halogenated alkanes) is 27. The van der Waals surface area contributed by atoms with Gasteiger partial charge in [-0.1, -0.05) is 166 Å². The van der Waals surface area contributed by atoms with Gasteiger partial charge >= 0.3 is 5.97 Å². The minimum atomic E-state index is -0.859. The second-order valence-corrected chi connectivity index (χ2v) is 15.7. The Morgan fingerprint density at radius 2 is 0.870 bits per heavy atom. The van der Waals surface area contributed by atoms with E-state index in [0.29, 0.717) is 19.4 Å². The topological polar surface area (TPSA) is 95.9 Å². The van der Waals surface area contributed by atoms with Gasteiger partial charge in [-0.05, 0) is 89.9 Å². The Hall–Kier alpha value is -1.92. The van der Waals surface area contributed by atoms with Gasteiger partial charge in [-0.3, -0.25) is 9.59 Å². The highest BCUT2D eigenvalue weighted by Crippen LogP contribution is 2.13. The maximum absolute atomic E-state index is 12.4. The van der Waals surface area contributed by atoms with E-state index >= 15 is 0 Å². The first-order valence-electron chi connectivity index (χ1n) is 23.3. The number of allylic oxidation sites excluding steroid dienone is 5. The summed E-state index contributed by atoms with van der Waals surface area (Å²) in [5.74, 6) is -0.131. The first kappa shape index (κ1) is 52.1. The number of ether oxygens (including phenoxy) is 1. The van der Waals surface area contributed by atoms with Gasteiger partial charge < -0.3 is 20.3 Å². The van der Waals surface area contributed by atoms with Crippen LogP contribution in [0.4, 0.5) is 0 Å². The van der Waals surface area contributed by atoms with Gasteiger partial charge in [-0.2, -0.15) is 0 Å². The first-order valence-corrected chi connectivity index (χ1v) is 23.3. The third-order valence-corrected chi connectivity index (χ3v) is 10.4. The molecule has 2 unspecified atom stereocenters. The van der Waals surface area contributed by atoms with Crippen molar-refractivity contribution in [2.45, 2.75) is 244 Å². The molecule has 0 heterocycles. The number of hydrogen-bond acceptors (Lipinski definition) is 5. The highest BCUT2D eigenvalue weighted by molar-refractivity contribution is 5.76. The number of amides is 1. The molecule has 0 aliphatic heterocycles. The van der Waals surface area contributed by atoms with E-state index in [1.165, 1.54) is 122 Å². The summed E-state index contributed by atoms with van der Waals surface area (Å²) >= 11 is 0. The molecule has 0 radical (unpaired) electrons. The van der Waals surface area contributed by atoms with Crippen molar-refractivity contribution < 1.29 is 24.5 Å². The molecule has 54 heavy (non-hydrogen) atoms. The lowest BCUT2D eigenvalue weighted by atomic mass is 10.1. The van der Waals surface area contributed by atoms with Crippen LogP contribution in [-0.2, 0) is 14.3 Å². The van der Waals surface area contributed by atoms with Crippen LogP contribution in [-0.4, -0.2) is 47.4 Å². The molecule has 0 aromatic carbocycles. The van der Waals surface area contributed by atoms with E-state index < -0.39 is 12.1 Å². The van der Waals surface area contributed by atoms with Gasteiger partial charge in [-0.15, -0.1) is 0 Å². The molecule has 0 aliphatic carbocycles. The van der Waals surface area contributed by atoms with E-state index in [0.717, 1.165) is 83.5 Å². The van der Waals surface area contributed by atoms with Gasteiger partial charge in [0, 0.05) is 12.8 Å². The molecule has 0 saturated heterocycles. The van der Waals surface area contributed by atoms with E-state index in [4.69, 9.17) is 4.74 Å². The lowest BCUT2D eigenvalue weighted by Crippen LogP contribution is -2.45. The van der Waals surface area contributed by atoms with Crippen LogP contribution in [0.15, 0.2) is 36.5 Å². The van der Waals surface area contributed by atoms with Gasteiger partial charge in [0.2, 0.25) is 5.91 Å². The van der Waals surface area contributed by atoms with Crippen LogP contribution < -0.4 is 5.32 Å². The summed E-state index contributed by atoms with van der Waals surface area (Å²) in [4.78, 5) is 24.3. The van der Waals surface area contributed by atoms with Gasteiger partial charge in [0.15, 0.2) is 0 Å². The van der Waals surface area contributed by atoms with E-state index in [-0.39, 0.29) is 18.5 Å². The van der Waals surface area contributed by atoms with Crippen molar-refractivity contribution in [2.24, 2.45) is 0 Å². The number of nitrogens with one attached hydrogen (secondary N) is 1. The Bertz CT molecular complexity index is 884. The SMILES string of the molecule is CCCCCCC/C=C\CCCCCCCC(=O)OCCCCC/C=C\CCCCCCCC(=O)NC(CO)C(O)/C=C/CCCCCCCCCCC. The van der Waals surface area contributed by atoms with Crippen LogP contribution in [0.3, 0.4) is 0 Å². The molecule has 0 aliphatic rings. The van der Waals surface area contributed by atoms with Crippen LogP contribution in [0.5, 0.6) is 0 Å². The second-order valence-electron chi connectivity index (χ2n) is 15.7. The molecule has 316 valence electrons. The van der Waals surface area contributed by atoms with E-state index in [1.54, 1.807) is 6.08 Å². The summed E-state index contributed by atoms with van der Waals surface area (Å²) in [6.07, 6.45) is 51.3. The fourth-order valence-corrected chi connectivity index (χ4v) is 6.74. The molecular formula is C48H89NO5. The Balaban J connectivity index is 3.55. The predicted octanol–water partition coefficient (Wildman–Crippen LogP) is 13.3. The summed E-state index contributed by atoms with van der Waals surface area (Å²) in [6.45, 7) is 4.80. The number of hydrogen-bond donors (Lipinski definition) is 3. The maximum atomic E-state index is 12.4. The van der Waals surface area contributed by atoms with E-state index in [1.807, 2.05) is 6.08 Å². The molecule has 0 saturated carbocycles. The van der Waals surface area contributed by atoms with Crippen molar-refractivity contribution in [1.29, 1.82) is 0 Å². The smallest absolute Gasteiger partial charge is 0.305 e. The van der Waals surface area contributed by atoms with Crippen molar-refractivity contribution in [3.05, 3.63) is 36.5 Å². The van der Waals surface area contributed by atoms with Crippen LogP contribution in [0.2, 0.25) is 0 Å². The molecular weight excluding hydrogens is 671 g/mol. The van der Waals surface area contributed by atoms with Gasteiger partial charge in [0.1, 0.15) is 0 Å². The molecule has 0 rings (SSSR count). The summed E-state index contributed by atoms with van der Waals surface area (Å²) in [6, 6.07) is -0.645. The zero-order chi connectivity index (χ0) is 39.4. The predicted molar refractivity (Wildman–Crippen MR) is 232 cm³/mol. The number of aliphatic hydroxyl groups is 2. The highest BCUT2D eigenvalue weighted by Gasteiger charge is 2.18. The van der Waals surface area contributed by atoms with Gasteiger partial charge in [-0.25, -0.2) is 0 Å². The van der Waals surface area contributed by atoms with Crippen molar-refractivity contribution in [3.8, 4) is 0 Å². The molecule has 2 atom stereocenters. The monoisotopic (exact) mass is 760 g/mol. The molecule has 1 amide bonds. The zero-order valence-electron chi connectivity index (χ0n) is 35.7. The Morgan fingerprint density at radius 1 is 0.500 bits per heavy atom. The number of carbonyl (C=O) groups excluding carboxylic acids is 2. The number of esters is 1. The highest BCUT2D eigenvalue weighted by atomic mass is 16.5. The minimum absolute atomic E-state index is 0.0342. The Morgan fingerprint density at radius 3 is 1.31 bits per heavy atom. The first-order chi connectivity index (χ1) is 26.5. The van der Waals surface area contributed by atoms with Crippen LogP contribution in [0.25, 0.3) is 0 Å². The Kier molecular flexibility index (Phi) is 42.2. The largest absolute Gasteiger partial charge is 0.466 e. The normalized spacial score (nSPS) is 13.0. The quantitative estimate of drug-likeness (QED) is 0.0327. The van der Waals surface area contributed by atoms with Crippen LogP contribution in [0.1, 0.15) is 232 Å². The Labute approximate surface area is 334 Å². The molecule has 0 bridgehead atoms. The molecule has 0 spiro atoms. The van der Waals surface area contributed by atoms with Crippen molar-refractivity contribution in [1.82, 2.24) is 5.32 Å². The van der Waals surface area contributed by atoms with E-state index in [9.17, 15) is 19.8 Å². The average Bonchev–Trinajstić information content (AvgIpc) is 3.17. The lowest BCUT2D eigenvalue weighted by Gasteiger charge is -2.20. The molecule has 0 fully saturated rings. The standard InChI is InChI=1S/C48H89NO5/c1-3-5-7-9-11-13-15-16-17-22-26-30-34-38-42-48(53)54-43-39-35-31-27-23-19-18-21-25-29-33-37-41-47(52)49-45(44-50)46(51)40-36-32-28-24-20-14-12-10-8-6-4-2/h15-16,19,23,36,40,45-46,50-51H,3-14,17-18,20-22,24-35,37-39,41-44H2,1-2H3,(H,49,52)/b16-15-,23-19-,40-36+. The molecule has 3 N–H and O–H groups in total. The minimum Gasteiger partial charge on any atom is -0.466 e. The average molecular weight is 760 g/mol. The van der Waals surface area contributed by atoms with Crippen LogP contribution in [0, 0.1) is 0 Å². The maximum Gasteiger partial charge on any atom is 0.305 e. The lowest BCUT2D eigenvalue weighted by molar-refractivity contribution is -0.143. The summed E-state index contributed by atoms with van der Waals surface area (Å²) in [5, 5.41) is 22.9. The summed E-state index contributed by atoms with van der Waals surface area (Å²) in [5.41, 5.74) is 0. The molecule has 6 heteroatoms. The number of carbonyl (C=O) groups is 2. The third kappa shape index (κ3) is 39.8. The summed E-state index contributed by atoms with van der Waals surface area (Å²) in [7, 11) is 0. The number of rotatable bonds is 42. The van der Waals surface area contributed by atoms with Gasteiger partial charge in [0.25, 0.3) is 0 Å². The third-order valence-electron chi connectivity index (χ3n) is 10.4. The number of aliphatic hydroxyl groups excluding tert-OH is 2. The second kappa shape index (κ2) is 43.8. The van der Waals surface area contributed by atoms with Gasteiger partial charge in [0.05, 0.1) is 25.4 Å². The fraction of sp³-hybridized carbons (Fsp3) is 0.833. The van der Waals surface area contributed by atoms with Crippen molar-refractivity contribution in [2.75, 3.05) is 13.2 Å². The van der Waals surface area contributed by atoms with Crippen molar-refractivity contribution >= 4 is 11.9 Å². The van der Waals surface area contributed by atoms with Crippen molar-refractivity contribution in [3.63, 3.8) is 0 Å².